The van der Waals surface area contributed by atoms with Crippen molar-refractivity contribution in [2.24, 2.45) is 0 Å². The number of anilines is 2. The third kappa shape index (κ3) is 2.99. The van der Waals surface area contributed by atoms with Crippen molar-refractivity contribution in [1.82, 2.24) is 4.98 Å². The van der Waals surface area contributed by atoms with Gasteiger partial charge in [0.15, 0.2) is 5.13 Å². The summed E-state index contributed by atoms with van der Waals surface area (Å²) in [6.07, 6.45) is 0. The Morgan fingerprint density at radius 1 is 1.00 bits per heavy atom. The minimum Gasteiger partial charge on any atom is -0.298 e. The molecule has 0 bridgehead atoms. The first-order valence-corrected chi connectivity index (χ1v) is 9.56. The highest BCUT2D eigenvalue weighted by molar-refractivity contribution is 7.13. The zero-order chi connectivity index (χ0) is 20.0. The highest BCUT2D eigenvalue weighted by atomic mass is 32.1. The molecular weight excluding hydrogens is 374 g/mol. The molecule has 6 nitrogen and oxygen atoms in total. The zero-order valence-corrected chi connectivity index (χ0v) is 16.4. The van der Waals surface area contributed by atoms with Crippen molar-refractivity contribution < 1.29 is 14.4 Å². The van der Waals surface area contributed by atoms with Gasteiger partial charge in [-0.2, -0.15) is 0 Å². The number of aryl methyl sites for hydroxylation is 3. The second kappa shape index (κ2) is 6.69. The summed E-state index contributed by atoms with van der Waals surface area (Å²) in [5, 5.41) is 5.04. The van der Waals surface area contributed by atoms with Gasteiger partial charge < -0.3 is 0 Å². The van der Waals surface area contributed by atoms with Crippen LogP contribution in [0.4, 0.5) is 10.8 Å². The van der Waals surface area contributed by atoms with Crippen LogP contribution < -0.4 is 10.2 Å². The van der Waals surface area contributed by atoms with Gasteiger partial charge in [-0.05, 0) is 56.2 Å². The maximum absolute atomic E-state index is 13.0. The summed E-state index contributed by atoms with van der Waals surface area (Å²) in [5.74, 6) is -1.17. The molecule has 0 fully saturated rings. The fourth-order valence-corrected chi connectivity index (χ4v) is 3.83. The molecule has 1 aromatic heterocycles. The van der Waals surface area contributed by atoms with Gasteiger partial charge in [0.1, 0.15) is 0 Å². The van der Waals surface area contributed by atoms with Gasteiger partial charge in [0.2, 0.25) is 0 Å². The quantitative estimate of drug-likeness (QED) is 0.681. The molecule has 1 aliphatic rings. The lowest BCUT2D eigenvalue weighted by molar-refractivity contribution is 0.0925. The van der Waals surface area contributed by atoms with Crippen LogP contribution in [-0.4, -0.2) is 22.7 Å². The first-order chi connectivity index (χ1) is 13.3. The standard InChI is InChI=1S/C21H17N3O3S/c1-11-4-5-12(2)17(8-11)24-19(26)15-7-6-14(9-16(15)20(24)27)18(25)23-21-22-13(3)10-28-21/h4-10H,1-3H3,(H,22,23,25). The number of amides is 3. The van der Waals surface area contributed by atoms with Crippen molar-refractivity contribution in [3.63, 3.8) is 0 Å². The van der Waals surface area contributed by atoms with Crippen LogP contribution in [0.5, 0.6) is 0 Å². The third-order valence-electron chi connectivity index (χ3n) is 4.59. The second-order valence-electron chi connectivity index (χ2n) is 6.74. The van der Waals surface area contributed by atoms with Crippen molar-refractivity contribution in [3.05, 3.63) is 75.3 Å². The summed E-state index contributed by atoms with van der Waals surface area (Å²) >= 11 is 1.33. The first-order valence-electron chi connectivity index (χ1n) is 8.68. The molecule has 4 rings (SSSR count). The third-order valence-corrected chi connectivity index (χ3v) is 5.47. The SMILES string of the molecule is Cc1ccc(C)c(N2C(=O)c3ccc(C(=O)Nc4nc(C)cs4)cc3C2=O)c1. The molecule has 3 aromatic rings. The topological polar surface area (TPSA) is 79.4 Å². The molecule has 1 N–H and O–H groups in total. The largest absolute Gasteiger partial charge is 0.298 e. The Morgan fingerprint density at radius 2 is 1.75 bits per heavy atom. The predicted molar refractivity (Wildman–Crippen MR) is 108 cm³/mol. The Morgan fingerprint density at radius 3 is 2.46 bits per heavy atom. The number of hydrogen-bond donors (Lipinski definition) is 1. The van der Waals surface area contributed by atoms with Crippen LogP contribution in [-0.2, 0) is 0 Å². The maximum Gasteiger partial charge on any atom is 0.266 e. The summed E-state index contributed by atoms with van der Waals surface area (Å²) in [5.41, 5.74) is 4.00. The smallest absolute Gasteiger partial charge is 0.266 e. The van der Waals surface area contributed by atoms with E-state index < -0.39 is 5.91 Å². The van der Waals surface area contributed by atoms with E-state index in [1.54, 1.807) is 6.07 Å². The van der Waals surface area contributed by atoms with E-state index in [0.29, 0.717) is 21.9 Å². The molecular formula is C21H17N3O3S. The number of carbonyl (C=O) groups excluding carboxylic acids is 3. The number of carbonyl (C=O) groups is 3. The maximum atomic E-state index is 13.0. The van der Waals surface area contributed by atoms with Gasteiger partial charge in [0, 0.05) is 10.9 Å². The molecule has 28 heavy (non-hydrogen) atoms. The predicted octanol–water partition coefficient (Wildman–Crippen LogP) is 4.12. The number of nitrogens with zero attached hydrogens (tertiary/aromatic N) is 2. The van der Waals surface area contributed by atoms with E-state index in [9.17, 15) is 14.4 Å². The van der Waals surface area contributed by atoms with Gasteiger partial charge >= 0.3 is 0 Å². The van der Waals surface area contributed by atoms with Crippen LogP contribution in [0.1, 0.15) is 47.9 Å². The summed E-state index contributed by atoms with van der Waals surface area (Å²) in [6.45, 7) is 5.60. The summed E-state index contributed by atoms with van der Waals surface area (Å²) in [4.78, 5) is 43.7. The van der Waals surface area contributed by atoms with Crippen LogP contribution in [0, 0.1) is 20.8 Å². The van der Waals surface area contributed by atoms with Gasteiger partial charge in [0.05, 0.1) is 22.5 Å². The van der Waals surface area contributed by atoms with E-state index in [0.717, 1.165) is 16.8 Å². The van der Waals surface area contributed by atoms with E-state index in [2.05, 4.69) is 10.3 Å². The molecule has 7 heteroatoms. The molecule has 2 aromatic carbocycles. The number of fused-ring (bicyclic) bond motifs is 1. The first kappa shape index (κ1) is 18.1. The van der Waals surface area contributed by atoms with E-state index in [-0.39, 0.29) is 17.4 Å². The van der Waals surface area contributed by atoms with E-state index in [1.807, 2.05) is 44.4 Å². The van der Waals surface area contributed by atoms with Gasteiger partial charge in [-0.15, -0.1) is 11.3 Å². The van der Waals surface area contributed by atoms with Gasteiger partial charge in [-0.25, -0.2) is 9.88 Å². The number of rotatable bonds is 3. The summed E-state index contributed by atoms with van der Waals surface area (Å²) in [7, 11) is 0. The summed E-state index contributed by atoms with van der Waals surface area (Å²) < 4.78 is 0. The Kier molecular flexibility index (Phi) is 4.31. The molecule has 2 heterocycles. The van der Waals surface area contributed by atoms with Crippen molar-refractivity contribution in [3.8, 4) is 0 Å². The molecule has 0 saturated heterocycles. The average Bonchev–Trinajstić information content (AvgIpc) is 3.18. The number of benzene rings is 2. The summed E-state index contributed by atoms with van der Waals surface area (Å²) in [6, 6.07) is 10.2. The molecule has 0 atom stereocenters. The van der Waals surface area contributed by atoms with Crippen molar-refractivity contribution in [1.29, 1.82) is 0 Å². The van der Waals surface area contributed by atoms with Gasteiger partial charge in [-0.1, -0.05) is 12.1 Å². The molecule has 0 radical (unpaired) electrons. The van der Waals surface area contributed by atoms with Gasteiger partial charge in [-0.3, -0.25) is 19.7 Å². The van der Waals surface area contributed by atoms with Crippen LogP contribution in [0.25, 0.3) is 0 Å². The molecule has 0 saturated carbocycles. The van der Waals surface area contributed by atoms with Crippen LogP contribution >= 0.6 is 11.3 Å². The Hall–Kier alpha value is -3.32. The fourth-order valence-electron chi connectivity index (χ4n) is 3.14. The minimum atomic E-state index is -0.423. The Balaban J connectivity index is 1.67. The van der Waals surface area contributed by atoms with E-state index >= 15 is 0 Å². The Bertz CT molecular complexity index is 1150. The monoisotopic (exact) mass is 391 g/mol. The lowest BCUT2D eigenvalue weighted by atomic mass is 10.1. The minimum absolute atomic E-state index is 0.230. The fraction of sp³-hybridized carbons (Fsp3) is 0.143. The van der Waals surface area contributed by atoms with E-state index in [4.69, 9.17) is 0 Å². The lowest BCUT2D eigenvalue weighted by Gasteiger charge is -2.17. The zero-order valence-electron chi connectivity index (χ0n) is 15.6. The molecule has 140 valence electrons. The highest BCUT2D eigenvalue weighted by Gasteiger charge is 2.37. The molecule has 0 aliphatic carbocycles. The van der Waals surface area contributed by atoms with Crippen LogP contribution in [0.3, 0.4) is 0 Å². The normalized spacial score (nSPS) is 13.0. The van der Waals surface area contributed by atoms with Crippen molar-refractivity contribution >= 4 is 39.9 Å². The number of hydrogen-bond acceptors (Lipinski definition) is 5. The van der Waals surface area contributed by atoms with Crippen molar-refractivity contribution in [2.75, 3.05) is 10.2 Å². The number of thiazole rings is 1. The Labute approximate surface area is 165 Å². The van der Waals surface area contributed by atoms with Gasteiger partial charge in [0.25, 0.3) is 17.7 Å². The number of imide groups is 1. The number of aromatic nitrogens is 1. The van der Waals surface area contributed by atoms with Crippen LogP contribution in [0.2, 0.25) is 0 Å². The van der Waals surface area contributed by atoms with Crippen LogP contribution in [0.15, 0.2) is 41.8 Å². The lowest BCUT2D eigenvalue weighted by Crippen LogP contribution is -2.30. The number of nitrogens with one attached hydrogen (secondary N) is 1. The van der Waals surface area contributed by atoms with Crippen molar-refractivity contribution in [2.45, 2.75) is 20.8 Å². The highest BCUT2D eigenvalue weighted by Crippen LogP contribution is 2.32. The second-order valence-corrected chi connectivity index (χ2v) is 7.60. The molecule has 1 aliphatic heterocycles. The average molecular weight is 391 g/mol. The molecule has 3 amide bonds. The molecule has 0 unspecified atom stereocenters. The molecule has 0 spiro atoms. The van der Waals surface area contributed by atoms with E-state index in [1.165, 1.54) is 28.4 Å².